The topological polar surface area (TPSA) is 62.4 Å². The number of hydrogen-bond donors (Lipinski definition) is 3. The number of piperidine rings is 1. The van der Waals surface area contributed by atoms with E-state index in [-0.39, 0.29) is 23.6 Å². The number of rotatable bonds is 6. The van der Waals surface area contributed by atoms with Gasteiger partial charge in [0, 0.05) is 6.61 Å². The zero-order valence-corrected chi connectivity index (χ0v) is 17.7. The van der Waals surface area contributed by atoms with E-state index < -0.39 is 5.82 Å². The van der Waals surface area contributed by atoms with Gasteiger partial charge in [0.15, 0.2) is 0 Å². The molecule has 2 saturated heterocycles. The van der Waals surface area contributed by atoms with Gasteiger partial charge in [-0.05, 0) is 106 Å². The van der Waals surface area contributed by atoms with E-state index in [4.69, 9.17) is 4.74 Å². The summed E-state index contributed by atoms with van der Waals surface area (Å²) in [5, 5.41) is 10.0. The molecule has 0 spiro atoms. The number of amides is 1. The number of hydrogen-bond acceptors (Lipinski definition) is 4. The molecular weight excluding hydrogens is 381 g/mol. The molecule has 0 bridgehead atoms. The highest BCUT2D eigenvalue weighted by Gasteiger charge is 2.41. The van der Waals surface area contributed by atoms with Crippen LogP contribution in [0.3, 0.4) is 0 Å². The highest BCUT2D eigenvalue weighted by molar-refractivity contribution is 5.95. The third-order valence-corrected chi connectivity index (χ3v) is 7.63. The molecule has 0 radical (unpaired) electrons. The van der Waals surface area contributed by atoms with Crippen LogP contribution in [0.2, 0.25) is 0 Å². The molecule has 5 rings (SSSR count). The lowest BCUT2D eigenvalue weighted by atomic mass is 9.77. The van der Waals surface area contributed by atoms with Crippen LogP contribution in [0.15, 0.2) is 18.2 Å². The van der Waals surface area contributed by atoms with Crippen molar-refractivity contribution >= 4 is 5.91 Å². The van der Waals surface area contributed by atoms with Crippen molar-refractivity contribution in [1.29, 1.82) is 0 Å². The van der Waals surface area contributed by atoms with E-state index in [0.717, 1.165) is 64.0 Å². The van der Waals surface area contributed by atoms with Crippen molar-refractivity contribution in [3.05, 3.63) is 35.1 Å². The summed E-state index contributed by atoms with van der Waals surface area (Å²) >= 11 is 0. The zero-order valence-electron chi connectivity index (χ0n) is 17.7. The normalized spacial score (nSPS) is 32.0. The van der Waals surface area contributed by atoms with Gasteiger partial charge in [0.25, 0.3) is 5.91 Å². The van der Waals surface area contributed by atoms with E-state index in [9.17, 15) is 9.18 Å². The fourth-order valence-electron chi connectivity index (χ4n) is 5.53. The Hall–Kier alpha value is -1.50. The van der Waals surface area contributed by atoms with Crippen LogP contribution in [0.1, 0.15) is 60.4 Å². The molecular formula is C24H34FN3O2. The SMILES string of the molecule is O=C(N[C@H]1C[C@H]2CNC[C@H]2C[C@@H]1OCC1CC1)c1cc(C2CCNCC2)ccc1F. The Morgan fingerprint density at radius 2 is 1.83 bits per heavy atom. The fraction of sp³-hybridized carbons (Fsp3) is 0.708. The highest BCUT2D eigenvalue weighted by atomic mass is 19.1. The van der Waals surface area contributed by atoms with Crippen LogP contribution in [0.4, 0.5) is 4.39 Å². The smallest absolute Gasteiger partial charge is 0.254 e. The van der Waals surface area contributed by atoms with Crippen molar-refractivity contribution in [1.82, 2.24) is 16.0 Å². The Morgan fingerprint density at radius 1 is 1.07 bits per heavy atom. The van der Waals surface area contributed by atoms with E-state index in [1.165, 1.54) is 18.9 Å². The van der Waals surface area contributed by atoms with E-state index in [2.05, 4.69) is 16.0 Å². The van der Waals surface area contributed by atoms with Crippen LogP contribution in [0.5, 0.6) is 0 Å². The Kier molecular flexibility index (Phi) is 6.07. The first-order chi connectivity index (χ1) is 14.7. The largest absolute Gasteiger partial charge is 0.376 e. The molecule has 2 aliphatic heterocycles. The lowest BCUT2D eigenvalue weighted by Crippen LogP contribution is -2.50. The minimum atomic E-state index is -0.433. The Balaban J connectivity index is 1.29. The molecule has 4 fully saturated rings. The molecule has 6 heteroatoms. The average molecular weight is 416 g/mol. The first-order valence-electron chi connectivity index (χ1n) is 11.8. The van der Waals surface area contributed by atoms with Gasteiger partial charge in [-0.25, -0.2) is 4.39 Å². The maximum atomic E-state index is 14.6. The van der Waals surface area contributed by atoms with Crippen molar-refractivity contribution in [2.24, 2.45) is 17.8 Å². The molecule has 5 nitrogen and oxygen atoms in total. The van der Waals surface area contributed by atoms with Gasteiger partial charge < -0.3 is 20.7 Å². The van der Waals surface area contributed by atoms with Gasteiger partial charge in [-0.1, -0.05) is 6.07 Å². The van der Waals surface area contributed by atoms with Crippen LogP contribution in [-0.2, 0) is 4.74 Å². The predicted octanol–water partition coefficient (Wildman–Crippen LogP) is 2.82. The van der Waals surface area contributed by atoms with E-state index in [1.807, 2.05) is 6.07 Å². The summed E-state index contributed by atoms with van der Waals surface area (Å²) in [6.07, 6.45) is 6.50. The Morgan fingerprint density at radius 3 is 2.60 bits per heavy atom. The predicted molar refractivity (Wildman–Crippen MR) is 114 cm³/mol. The molecule has 3 N–H and O–H groups in total. The van der Waals surface area contributed by atoms with Crippen molar-refractivity contribution in [2.75, 3.05) is 32.8 Å². The first kappa shape index (κ1) is 20.4. The van der Waals surface area contributed by atoms with Gasteiger partial charge >= 0.3 is 0 Å². The zero-order chi connectivity index (χ0) is 20.5. The molecule has 1 amide bonds. The van der Waals surface area contributed by atoms with Gasteiger partial charge in [0.2, 0.25) is 0 Å². The third kappa shape index (κ3) is 4.56. The van der Waals surface area contributed by atoms with Gasteiger partial charge in [-0.15, -0.1) is 0 Å². The number of carbonyl (C=O) groups excluding carboxylic acids is 1. The number of carbonyl (C=O) groups is 1. The molecule has 1 aromatic rings. The molecule has 0 unspecified atom stereocenters. The van der Waals surface area contributed by atoms with E-state index in [1.54, 1.807) is 6.07 Å². The fourth-order valence-corrected chi connectivity index (χ4v) is 5.53. The third-order valence-electron chi connectivity index (χ3n) is 7.63. The number of nitrogens with one attached hydrogen (secondary N) is 3. The minimum absolute atomic E-state index is 0.0337. The minimum Gasteiger partial charge on any atom is -0.376 e. The van der Waals surface area contributed by atoms with Crippen LogP contribution >= 0.6 is 0 Å². The molecule has 1 aromatic carbocycles. The molecule has 2 aliphatic carbocycles. The van der Waals surface area contributed by atoms with E-state index >= 15 is 0 Å². The van der Waals surface area contributed by atoms with Crippen molar-refractivity contribution in [2.45, 2.75) is 56.6 Å². The summed E-state index contributed by atoms with van der Waals surface area (Å²) in [7, 11) is 0. The molecule has 2 saturated carbocycles. The lowest BCUT2D eigenvalue weighted by Gasteiger charge is -2.38. The summed E-state index contributed by atoms with van der Waals surface area (Å²) in [4.78, 5) is 13.1. The molecule has 0 aromatic heterocycles. The average Bonchev–Trinajstić information content (AvgIpc) is 3.49. The Bertz CT molecular complexity index is 763. The van der Waals surface area contributed by atoms with Crippen LogP contribution in [0, 0.1) is 23.6 Å². The maximum Gasteiger partial charge on any atom is 0.254 e. The van der Waals surface area contributed by atoms with E-state index in [0.29, 0.717) is 23.7 Å². The summed E-state index contributed by atoms with van der Waals surface area (Å²) < 4.78 is 20.9. The Labute approximate surface area is 178 Å². The van der Waals surface area contributed by atoms with Crippen LogP contribution < -0.4 is 16.0 Å². The quantitative estimate of drug-likeness (QED) is 0.669. The maximum absolute atomic E-state index is 14.6. The molecule has 30 heavy (non-hydrogen) atoms. The molecule has 164 valence electrons. The summed E-state index contributed by atoms with van der Waals surface area (Å²) in [5.74, 6) is 1.56. The van der Waals surface area contributed by atoms with Gasteiger partial charge in [-0.2, -0.15) is 0 Å². The van der Waals surface area contributed by atoms with Crippen molar-refractivity contribution < 1.29 is 13.9 Å². The summed E-state index contributed by atoms with van der Waals surface area (Å²) in [6.45, 7) is 4.79. The number of ether oxygens (including phenoxy) is 1. The summed E-state index contributed by atoms with van der Waals surface area (Å²) in [6, 6.07) is 5.05. The second kappa shape index (κ2) is 8.93. The van der Waals surface area contributed by atoms with Crippen molar-refractivity contribution in [3.8, 4) is 0 Å². The molecule has 2 heterocycles. The van der Waals surface area contributed by atoms with Crippen molar-refractivity contribution in [3.63, 3.8) is 0 Å². The highest BCUT2D eigenvalue weighted by Crippen LogP contribution is 2.36. The number of benzene rings is 1. The van der Waals surface area contributed by atoms with Crippen LogP contribution in [-0.4, -0.2) is 50.8 Å². The monoisotopic (exact) mass is 415 g/mol. The number of halogens is 1. The van der Waals surface area contributed by atoms with Crippen LogP contribution in [0.25, 0.3) is 0 Å². The summed E-state index contributed by atoms with van der Waals surface area (Å²) in [5.41, 5.74) is 1.26. The lowest BCUT2D eigenvalue weighted by molar-refractivity contribution is -0.0212. The van der Waals surface area contributed by atoms with Gasteiger partial charge in [-0.3, -0.25) is 4.79 Å². The first-order valence-corrected chi connectivity index (χ1v) is 11.8. The molecule has 4 aliphatic rings. The second-order valence-corrected chi connectivity index (χ2v) is 9.81. The van der Waals surface area contributed by atoms with Gasteiger partial charge in [0.1, 0.15) is 5.82 Å². The molecule has 4 atom stereocenters. The standard InChI is InChI=1S/C24H34FN3O2/c25-21-4-3-17(16-5-7-26-8-6-16)9-20(21)24(29)28-22-10-18-12-27-13-19(18)11-23(22)30-14-15-1-2-15/h3-4,9,15-16,18-19,22-23,26-27H,1-2,5-8,10-14H2,(H,28,29)/t18-,19+,22-,23-/m0/s1. The second-order valence-electron chi connectivity index (χ2n) is 9.81. The number of fused-ring (bicyclic) bond motifs is 1. The van der Waals surface area contributed by atoms with Gasteiger partial charge in [0.05, 0.1) is 17.7 Å².